The lowest BCUT2D eigenvalue weighted by atomic mass is 10.0. The molecule has 0 aromatic carbocycles. The average molecular weight is 340 g/mol. The number of rotatable bonds is 2. The summed E-state index contributed by atoms with van der Waals surface area (Å²) in [5, 5.41) is 0. The lowest BCUT2D eigenvalue weighted by Gasteiger charge is -2.35. The van der Waals surface area contributed by atoms with Gasteiger partial charge >= 0.3 is 0 Å². The zero-order valence-corrected chi connectivity index (χ0v) is 13.4. The molecule has 4 rings (SSSR count). The van der Waals surface area contributed by atoms with E-state index in [1.54, 1.807) is 24.7 Å². The van der Waals surface area contributed by atoms with Gasteiger partial charge in [0.1, 0.15) is 11.6 Å². The number of fused-ring (bicyclic) bond motifs is 1. The maximum atomic E-state index is 13.5. The summed E-state index contributed by atoms with van der Waals surface area (Å²) in [7, 11) is 0. The molecule has 3 aromatic heterocycles. The van der Waals surface area contributed by atoms with Crippen molar-refractivity contribution in [2.75, 3.05) is 4.90 Å². The Morgan fingerprint density at radius 2 is 1.84 bits per heavy atom. The van der Waals surface area contributed by atoms with Gasteiger partial charge in [0.05, 0.1) is 5.69 Å². The minimum Gasteiger partial charge on any atom is -0.349 e. The molecule has 3 aromatic rings. The normalized spacial score (nSPS) is 16.6. The predicted molar refractivity (Wildman–Crippen MR) is 86.6 cm³/mol. The lowest BCUT2D eigenvalue weighted by molar-refractivity contribution is 0.530. The van der Waals surface area contributed by atoms with Gasteiger partial charge in [0.2, 0.25) is 5.95 Å². The molecule has 8 heteroatoms. The van der Waals surface area contributed by atoms with Crippen LogP contribution < -0.4 is 4.90 Å². The van der Waals surface area contributed by atoms with Gasteiger partial charge in [-0.15, -0.1) is 0 Å². The summed E-state index contributed by atoms with van der Waals surface area (Å²) < 4.78 is 26.9. The molecule has 0 fully saturated rings. The standard InChI is InChI=1S/C17H14F2N6/c1-10-5-13-11(8-22-17(23-13)16-20-3-2-4-21-16)9-25(10)15-7-12(18)6-14(19)24-15/h2-4,6-8,10H,5,9H2,1H3. The summed E-state index contributed by atoms with van der Waals surface area (Å²) in [6.45, 7) is 2.40. The van der Waals surface area contributed by atoms with Crippen molar-refractivity contribution in [2.45, 2.75) is 25.9 Å². The SMILES string of the molecule is CC1Cc2nc(-c3ncccn3)ncc2CN1c1cc(F)cc(F)n1. The van der Waals surface area contributed by atoms with Crippen molar-refractivity contribution in [1.82, 2.24) is 24.9 Å². The Morgan fingerprint density at radius 1 is 1.04 bits per heavy atom. The van der Waals surface area contributed by atoms with Crippen LogP contribution in [0.15, 0.2) is 36.8 Å². The molecule has 126 valence electrons. The summed E-state index contributed by atoms with van der Waals surface area (Å²) in [6, 6.07) is 3.71. The highest BCUT2D eigenvalue weighted by Crippen LogP contribution is 2.27. The van der Waals surface area contributed by atoms with Crippen LogP contribution in [0.1, 0.15) is 18.2 Å². The van der Waals surface area contributed by atoms with E-state index in [2.05, 4.69) is 24.9 Å². The summed E-state index contributed by atoms with van der Waals surface area (Å²) >= 11 is 0. The van der Waals surface area contributed by atoms with Gasteiger partial charge in [0.15, 0.2) is 11.6 Å². The number of anilines is 1. The quantitative estimate of drug-likeness (QED) is 0.668. The molecule has 1 aliphatic rings. The van der Waals surface area contributed by atoms with E-state index in [0.29, 0.717) is 24.6 Å². The van der Waals surface area contributed by atoms with E-state index in [9.17, 15) is 8.78 Å². The molecule has 4 heterocycles. The molecular weight excluding hydrogens is 326 g/mol. The molecule has 0 N–H and O–H groups in total. The lowest BCUT2D eigenvalue weighted by Crippen LogP contribution is -2.39. The molecule has 1 aliphatic heterocycles. The maximum absolute atomic E-state index is 13.5. The average Bonchev–Trinajstić information content (AvgIpc) is 2.60. The molecule has 0 aliphatic carbocycles. The van der Waals surface area contributed by atoms with Crippen LogP contribution in [0.5, 0.6) is 0 Å². The first kappa shape index (κ1) is 15.5. The fraction of sp³-hybridized carbons (Fsp3) is 0.235. The number of halogens is 2. The van der Waals surface area contributed by atoms with Gasteiger partial charge in [0.25, 0.3) is 0 Å². The van der Waals surface area contributed by atoms with Crippen LogP contribution >= 0.6 is 0 Å². The zero-order chi connectivity index (χ0) is 17.4. The first-order chi connectivity index (χ1) is 12.1. The van der Waals surface area contributed by atoms with E-state index in [-0.39, 0.29) is 11.9 Å². The van der Waals surface area contributed by atoms with Crippen molar-refractivity contribution in [3.63, 3.8) is 0 Å². The Labute approximate surface area is 142 Å². The Bertz CT molecular complexity index is 898. The van der Waals surface area contributed by atoms with Gasteiger partial charge < -0.3 is 4.90 Å². The molecule has 0 saturated heterocycles. The second-order valence-corrected chi connectivity index (χ2v) is 5.89. The molecule has 0 amide bonds. The minimum absolute atomic E-state index is 0.0133. The highest BCUT2D eigenvalue weighted by molar-refractivity contribution is 5.47. The highest BCUT2D eigenvalue weighted by atomic mass is 19.1. The van der Waals surface area contributed by atoms with Gasteiger partial charge in [-0.3, -0.25) is 0 Å². The second kappa shape index (κ2) is 6.12. The Balaban J connectivity index is 1.67. The van der Waals surface area contributed by atoms with Gasteiger partial charge in [0, 0.05) is 55.3 Å². The van der Waals surface area contributed by atoms with Crippen LogP contribution in [0.2, 0.25) is 0 Å². The van der Waals surface area contributed by atoms with Crippen LogP contribution in [0, 0.1) is 11.8 Å². The number of nitrogens with zero attached hydrogens (tertiary/aromatic N) is 6. The molecule has 0 bridgehead atoms. The topological polar surface area (TPSA) is 67.7 Å². The molecule has 0 radical (unpaired) electrons. The van der Waals surface area contributed by atoms with E-state index in [0.717, 1.165) is 17.3 Å². The first-order valence-electron chi connectivity index (χ1n) is 7.82. The van der Waals surface area contributed by atoms with Crippen LogP contribution in [0.3, 0.4) is 0 Å². The van der Waals surface area contributed by atoms with Crippen molar-refractivity contribution in [1.29, 1.82) is 0 Å². The van der Waals surface area contributed by atoms with Crippen molar-refractivity contribution in [3.8, 4) is 11.6 Å². The van der Waals surface area contributed by atoms with E-state index < -0.39 is 11.8 Å². The highest BCUT2D eigenvalue weighted by Gasteiger charge is 2.26. The summed E-state index contributed by atoms with van der Waals surface area (Å²) in [4.78, 5) is 22.9. The summed E-state index contributed by atoms with van der Waals surface area (Å²) in [5.41, 5.74) is 1.78. The van der Waals surface area contributed by atoms with E-state index in [1.165, 1.54) is 6.07 Å². The monoisotopic (exact) mass is 340 g/mol. The predicted octanol–water partition coefficient (Wildman–Crippen LogP) is 2.56. The third-order valence-corrected chi connectivity index (χ3v) is 4.12. The van der Waals surface area contributed by atoms with E-state index in [1.807, 2.05) is 11.8 Å². The number of aromatic nitrogens is 5. The molecule has 25 heavy (non-hydrogen) atoms. The van der Waals surface area contributed by atoms with Crippen LogP contribution in [0.25, 0.3) is 11.6 Å². The van der Waals surface area contributed by atoms with Crippen LogP contribution in [-0.2, 0) is 13.0 Å². The molecule has 1 unspecified atom stereocenters. The van der Waals surface area contributed by atoms with Crippen molar-refractivity contribution in [2.24, 2.45) is 0 Å². The molecule has 0 spiro atoms. The second-order valence-electron chi connectivity index (χ2n) is 5.89. The fourth-order valence-electron chi connectivity index (χ4n) is 2.91. The minimum atomic E-state index is -0.833. The van der Waals surface area contributed by atoms with Crippen molar-refractivity contribution in [3.05, 3.63) is 59.8 Å². The smallest absolute Gasteiger partial charge is 0.217 e. The number of hydrogen-bond donors (Lipinski definition) is 0. The first-order valence-corrected chi connectivity index (χ1v) is 7.82. The van der Waals surface area contributed by atoms with E-state index >= 15 is 0 Å². The third-order valence-electron chi connectivity index (χ3n) is 4.12. The molecular formula is C17H14F2N6. The van der Waals surface area contributed by atoms with Crippen LogP contribution in [-0.4, -0.2) is 31.0 Å². The summed E-state index contributed by atoms with van der Waals surface area (Å²) in [6.07, 6.45) is 5.60. The zero-order valence-electron chi connectivity index (χ0n) is 13.4. The van der Waals surface area contributed by atoms with Gasteiger partial charge in [-0.05, 0) is 13.0 Å². The van der Waals surface area contributed by atoms with E-state index in [4.69, 9.17) is 0 Å². The van der Waals surface area contributed by atoms with Crippen molar-refractivity contribution >= 4 is 5.82 Å². The Kier molecular flexibility index (Phi) is 3.79. The fourth-order valence-corrected chi connectivity index (χ4v) is 2.91. The molecule has 6 nitrogen and oxygen atoms in total. The van der Waals surface area contributed by atoms with Crippen molar-refractivity contribution < 1.29 is 8.78 Å². The molecule has 1 atom stereocenters. The number of hydrogen-bond acceptors (Lipinski definition) is 6. The van der Waals surface area contributed by atoms with Gasteiger partial charge in [-0.1, -0.05) is 0 Å². The number of pyridine rings is 1. The Hall–Kier alpha value is -3.03. The Morgan fingerprint density at radius 3 is 2.60 bits per heavy atom. The largest absolute Gasteiger partial charge is 0.349 e. The third kappa shape index (κ3) is 3.02. The molecule has 0 saturated carbocycles. The summed E-state index contributed by atoms with van der Waals surface area (Å²) in [5.74, 6) is -0.274. The maximum Gasteiger partial charge on any atom is 0.217 e. The van der Waals surface area contributed by atoms with Crippen LogP contribution in [0.4, 0.5) is 14.6 Å². The van der Waals surface area contributed by atoms with Gasteiger partial charge in [-0.2, -0.15) is 4.39 Å². The van der Waals surface area contributed by atoms with Gasteiger partial charge in [-0.25, -0.2) is 29.3 Å².